The van der Waals surface area contributed by atoms with Gasteiger partial charge in [-0.25, -0.2) is 0 Å². The van der Waals surface area contributed by atoms with Crippen LogP contribution in [0.1, 0.15) is 24.5 Å². The van der Waals surface area contributed by atoms with Gasteiger partial charge in [-0.2, -0.15) is 0 Å². The Hall–Kier alpha value is -0.560. The molecule has 1 aromatic rings. The number of nitrogens with one attached hydrogen (secondary N) is 1. The molecule has 19 heavy (non-hydrogen) atoms. The number of hydrogen-bond acceptors (Lipinski definition) is 4. The van der Waals surface area contributed by atoms with Crippen LogP contribution in [0.25, 0.3) is 0 Å². The number of hydrogen-bond donors (Lipinski definition) is 2. The second-order valence-electron chi connectivity index (χ2n) is 4.69. The van der Waals surface area contributed by atoms with Crippen LogP contribution < -0.4 is 5.32 Å². The van der Waals surface area contributed by atoms with E-state index in [9.17, 15) is 9.90 Å². The monoisotopic (exact) mass is 343 g/mol. The van der Waals surface area contributed by atoms with Crippen molar-refractivity contribution >= 4 is 39.3 Å². The molecule has 0 aliphatic carbocycles. The molecule has 1 atom stereocenters. The Kier molecular flexibility index (Phi) is 3.84. The average Bonchev–Trinajstić information content (AvgIpc) is 2.67. The van der Waals surface area contributed by atoms with Gasteiger partial charge in [0.05, 0.1) is 0 Å². The van der Waals surface area contributed by atoms with E-state index < -0.39 is 6.10 Å². The quantitative estimate of drug-likeness (QED) is 0.866. The molecule has 6 heteroatoms. The Balaban J connectivity index is 1.83. The molecule has 0 radical (unpaired) electrons. The summed E-state index contributed by atoms with van der Waals surface area (Å²) in [5.74, 6) is -0.352. The van der Waals surface area contributed by atoms with Crippen LogP contribution in [0.2, 0.25) is 0 Å². The molecule has 0 saturated carbocycles. The lowest BCUT2D eigenvalue weighted by Crippen LogP contribution is -2.17. The summed E-state index contributed by atoms with van der Waals surface area (Å²) in [5.41, 5.74) is 1.36. The summed E-state index contributed by atoms with van der Waals surface area (Å²) in [5, 5.41) is 13.0. The van der Waals surface area contributed by atoms with E-state index in [0.29, 0.717) is 10.8 Å². The third-order valence-electron chi connectivity index (χ3n) is 3.37. The van der Waals surface area contributed by atoms with Gasteiger partial charge < -0.3 is 15.2 Å². The van der Waals surface area contributed by atoms with Gasteiger partial charge in [-0.3, -0.25) is 4.79 Å². The molecule has 3 rings (SSSR count). The number of aliphatic hydroxyl groups is 1. The summed E-state index contributed by atoms with van der Waals surface area (Å²) >= 11 is 5.32. The number of anilines is 1. The minimum absolute atomic E-state index is 0.352. The van der Waals surface area contributed by atoms with E-state index in [4.69, 9.17) is 4.74 Å². The van der Waals surface area contributed by atoms with Crippen molar-refractivity contribution < 1.29 is 14.6 Å². The summed E-state index contributed by atoms with van der Waals surface area (Å²) < 4.78 is 6.28. The van der Waals surface area contributed by atoms with Gasteiger partial charge in [0.2, 0.25) is 0 Å². The van der Waals surface area contributed by atoms with E-state index in [1.165, 1.54) is 0 Å². The molecule has 1 unspecified atom stereocenters. The topological polar surface area (TPSA) is 58.6 Å². The van der Waals surface area contributed by atoms with E-state index in [-0.39, 0.29) is 5.91 Å². The Labute approximate surface area is 124 Å². The molecule has 2 heterocycles. The van der Waals surface area contributed by atoms with Crippen molar-refractivity contribution in [3.63, 3.8) is 0 Å². The molecular formula is C13H14BrNO3S. The highest BCUT2D eigenvalue weighted by Gasteiger charge is 2.30. The largest absolute Gasteiger partial charge is 0.381 e. The maximum absolute atomic E-state index is 11.4. The molecule has 102 valence electrons. The molecule has 1 fully saturated rings. The average molecular weight is 344 g/mol. The maximum Gasteiger partial charge on any atom is 0.257 e. The fraction of sp³-hybridized carbons (Fsp3) is 0.462. The fourth-order valence-corrected chi connectivity index (χ4v) is 4.10. The van der Waals surface area contributed by atoms with Crippen molar-refractivity contribution in [1.82, 2.24) is 0 Å². The predicted octanol–water partition coefficient (Wildman–Crippen LogP) is 2.71. The van der Waals surface area contributed by atoms with Crippen molar-refractivity contribution in [2.24, 2.45) is 0 Å². The molecule has 2 N–H and O–H groups in total. The molecule has 4 nitrogen and oxygen atoms in total. The molecule has 1 saturated heterocycles. The van der Waals surface area contributed by atoms with Crippen molar-refractivity contribution in [3.8, 4) is 0 Å². The number of fused-ring (bicyclic) bond motifs is 1. The van der Waals surface area contributed by atoms with Gasteiger partial charge in [0.1, 0.15) is 0 Å². The zero-order valence-corrected chi connectivity index (χ0v) is 12.6. The fourth-order valence-electron chi connectivity index (χ4n) is 2.31. The number of amides is 1. The lowest BCUT2D eigenvalue weighted by Gasteiger charge is -2.22. The van der Waals surface area contributed by atoms with Crippen molar-refractivity contribution in [3.05, 3.63) is 22.2 Å². The summed E-state index contributed by atoms with van der Waals surface area (Å²) in [4.78, 5) is 12.5. The smallest absolute Gasteiger partial charge is 0.257 e. The van der Waals surface area contributed by atoms with E-state index in [1.807, 2.05) is 12.1 Å². The van der Waals surface area contributed by atoms with Gasteiger partial charge in [-0.1, -0.05) is 0 Å². The molecular weight excluding hydrogens is 330 g/mol. The van der Waals surface area contributed by atoms with Gasteiger partial charge in [-0.15, -0.1) is 11.8 Å². The Morgan fingerprint density at radius 1 is 1.37 bits per heavy atom. The van der Waals surface area contributed by atoms with Crippen LogP contribution in [0.4, 0.5) is 5.69 Å². The number of carbonyl (C=O) groups is 1. The Bertz CT molecular complexity index is 517. The molecule has 2 aliphatic rings. The minimum Gasteiger partial charge on any atom is -0.381 e. The highest BCUT2D eigenvalue weighted by atomic mass is 79.9. The number of rotatable bonds is 2. The standard InChI is InChI=1S/C13H14BrNO3S/c14-9-5-8-10(15-13(17)12(8)16)6-11(9)19-7-1-3-18-4-2-7/h5-7,12,16H,1-4H2,(H,15,17). The minimum atomic E-state index is -1.05. The normalized spacial score (nSPS) is 23.3. The third kappa shape index (κ3) is 2.67. The Morgan fingerprint density at radius 2 is 2.11 bits per heavy atom. The molecule has 0 aromatic heterocycles. The van der Waals surface area contributed by atoms with E-state index in [1.54, 1.807) is 11.8 Å². The van der Waals surface area contributed by atoms with E-state index >= 15 is 0 Å². The highest BCUT2D eigenvalue weighted by molar-refractivity contribution is 9.10. The molecule has 1 aromatic carbocycles. The number of aliphatic hydroxyl groups excluding tert-OH is 1. The number of halogens is 1. The number of benzene rings is 1. The number of carbonyl (C=O) groups excluding carboxylic acids is 1. The zero-order valence-electron chi connectivity index (χ0n) is 10.2. The van der Waals surface area contributed by atoms with Crippen molar-refractivity contribution in [2.45, 2.75) is 29.1 Å². The first-order chi connectivity index (χ1) is 9.15. The van der Waals surface area contributed by atoms with Gasteiger partial charge >= 0.3 is 0 Å². The van der Waals surface area contributed by atoms with Gasteiger partial charge in [0.25, 0.3) is 5.91 Å². The zero-order chi connectivity index (χ0) is 13.4. The maximum atomic E-state index is 11.4. The van der Waals surface area contributed by atoms with Gasteiger partial charge in [0.15, 0.2) is 6.10 Å². The lowest BCUT2D eigenvalue weighted by molar-refractivity contribution is -0.123. The van der Waals surface area contributed by atoms with Crippen LogP contribution in [0.15, 0.2) is 21.5 Å². The highest BCUT2D eigenvalue weighted by Crippen LogP contribution is 2.41. The van der Waals surface area contributed by atoms with E-state index in [0.717, 1.165) is 41.1 Å². The molecule has 1 amide bonds. The van der Waals surface area contributed by atoms with Crippen LogP contribution in [-0.4, -0.2) is 29.5 Å². The van der Waals surface area contributed by atoms with Crippen LogP contribution in [-0.2, 0) is 9.53 Å². The summed E-state index contributed by atoms with van der Waals surface area (Å²) in [7, 11) is 0. The molecule has 0 bridgehead atoms. The lowest BCUT2D eigenvalue weighted by atomic mass is 10.1. The van der Waals surface area contributed by atoms with Crippen LogP contribution in [0, 0.1) is 0 Å². The predicted molar refractivity (Wildman–Crippen MR) is 77.4 cm³/mol. The molecule has 0 spiro atoms. The first-order valence-corrected chi connectivity index (χ1v) is 7.89. The summed E-state index contributed by atoms with van der Waals surface area (Å²) in [6.07, 6.45) is 1.04. The van der Waals surface area contributed by atoms with Crippen LogP contribution in [0.5, 0.6) is 0 Å². The van der Waals surface area contributed by atoms with Crippen molar-refractivity contribution in [2.75, 3.05) is 18.5 Å². The van der Waals surface area contributed by atoms with Crippen molar-refractivity contribution in [1.29, 1.82) is 0 Å². The SMILES string of the molecule is O=C1Nc2cc(SC3CCOCC3)c(Br)cc2C1O. The second kappa shape index (κ2) is 5.44. The summed E-state index contributed by atoms with van der Waals surface area (Å²) in [6, 6.07) is 3.77. The summed E-state index contributed by atoms with van der Waals surface area (Å²) in [6.45, 7) is 1.63. The third-order valence-corrected chi connectivity index (χ3v) is 5.68. The second-order valence-corrected chi connectivity index (χ2v) is 6.89. The van der Waals surface area contributed by atoms with Crippen LogP contribution in [0.3, 0.4) is 0 Å². The van der Waals surface area contributed by atoms with Gasteiger partial charge in [0, 0.05) is 39.1 Å². The van der Waals surface area contributed by atoms with Gasteiger partial charge in [-0.05, 0) is 40.9 Å². The van der Waals surface area contributed by atoms with Crippen LogP contribution >= 0.6 is 27.7 Å². The molecule has 2 aliphatic heterocycles. The number of thioether (sulfide) groups is 1. The number of ether oxygens (including phenoxy) is 1. The first kappa shape index (κ1) is 13.4. The Morgan fingerprint density at radius 3 is 2.84 bits per heavy atom. The first-order valence-electron chi connectivity index (χ1n) is 6.22. The van der Waals surface area contributed by atoms with E-state index in [2.05, 4.69) is 21.2 Å².